The van der Waals surface area contributed by atoms with Crippen LogP contribution in [-0.4, -0.2) is 42.1 Å². The number of rotatable bonds is 7. The molecule has 138 valence electrons. The highest BCUT2D eigenvalue weighted by atomic mass is 19.4. The molecular weight excluding hydrogens is 343 g/mol. The molecule has 0 aromatic heterocycles. The molecule has 1 aromatic carbocycles. The van der Waals surface area contributed by atoms with Crippen LogP contribution in [0.4, 0.5) is 13.2 Å². The van der Waals surface area contributed by atoms with E-state index in [1.165, 1.54) is 18.2 Å². The lowest BCUT2D eigenvalue weighted by Gasteiger charge is -2.27. The number of aliphatic carboxylic acids is 1. The van der Waals surface area contributed by atoms with E-state index in [0.717, 1.165) is 0 Å². The van der Waals surface area contributed by atoms with Gasteiger partial charge in [-0.1, -0.05) is 18.2 Å². The Morgan fingerprint density at radius 3 is 2.64 bits per heavy atom. The second-order valence-corrected chi connectivity index (χ2v) is 5.86. The number of hydrogen-bond donors (Lipinski definition) is 2. The lowest BCUT2D eigenvalue weighted by molar-refractivity contribution is -0.274. The van der Waals surface area contributed by atoms with Gasteiger partial charge in [-0.25, -0.2) is 0 Å². The van der Waals surface area contributed by atoms with Crippen LogP contribution in [0, 0.1) is 0 Å². The molecule has 2 N–H and O–H groups in total. The first-order chi connectivity index (χ1) is 11.7. The highest BCUT2D eigenvalue weighted by Crippen LogP contribution is 2.27. The van der Waals surface area contributed by atoms with E-state index in [4.69, 9.17) is 9.84 Å². The Hall–Kier alpha value is -2.29. The summed E-state index contributed by atoms with van der Waals surface area (Å²) in [4.78, 5) is 23.1. The third-order valence-electron chi connectivity index (χ3n) is 3.82. The lowest BCUT2D eigenvalue weighted by Crippen LogP contribution is -2.50. The zero-order chi connectivity index (χ0) is 18.5. The molecule has 1 aliphatic rings. The molecule has 25 heavy (non-hydrogen) atoms. The van der Waals surface area contributed by atoms with Crippen molar-refractivity contribution < 1.29 is 37.3 Å². The van der Waals surface area contributed by atoms with Gasteiger partial charge in [0, 0.05) is 13.0 Å². The molecule has 0 radical (unpaired) electrons. The summed E-state index contributed by atoms with van der Waals surface area (Å²) in [5, 5.41) is 11.6. The summed E-state index contributed by atoms with van der Waals surface area (Å²) in [6, 6.07) is 5.58. The summed E-state index contributed by atoms with van der Waals surface area (Å²) in [5.74, 6) is -1.87. The number of nitrogens with one attached hydrogen (secondary N) is 1. The molecular formula is C16H18F3NO5. The number of ether oxygens (including phenoxy) is 2. The molecule has 1 aliphatic heterocycles. The summed E-state index contributed by atoms with van der Waals surface area (Å²) in [6.45, 7) is 0.439. The molecule has 6 nitrogen and oxygen atoms in total. The summed E-state index contributed by atoms with van der Waals surface area (Å²) >= 11 is 0. The Morgan fingerprint density at radius 2 is 2.04 bits per heavy atom. The average molecular weight is 361 g/mol. The predicted octanol–water partition coefficient (Wildman–Crippen LogP) is 2.27. The standard InChI is InChI=1S/C16H18F3NO5/c17-16(18,19)25-12-4-2-1-3-11(12)5-6-13(21)20-15(9-14(22)23)7-8-24-10-15/h1-4H,5-10H2,(H,20,21)(H,22,23). The van der Waals surface area contributed by atoms with Crippen LogP contribution < -0.4 is 10.1 Å². The maximum absolute atomic E-state index is 12.4. The smallest absolute Gasteiger partial charge is 0.481 e. The van der Waals surface area contributed by atoms with E-state index in [0.29, 0.717) is 13.0 Å². The number of benzene rings is 1. The minimum atomic E-state index is -4.81. The first kappa shape index (κ1) is 19.0. The summed E-state index contributed by atoms with van der Waals surface area (Å²) < 4.78 is 46.3. The molecule has 1 fully saturated rings. The number of carbonyl (C=O) groups excluding carboxylic acids is 1. The Morgan fingerprint density at radius 1 is 1.32 bits per heavy atom. The molecule has 0 bridgehead atoms. The van der Waals surface area contributed by atoms with Crippen molar-refractivity contribution in [3.63, 3.8) is 0 Å². The topological polar surface area (TPSA) is 84.9 Å². The van der Waals surface area contributed by atoms with Crippen LogP contribution in [0.3, 0.4) is 0 Å². The number of halogens is 3. The van der Waals surface area contributed by atoms with Gasteiger partial charge in [0.1, 0.15) is 5.75 Å². The Kier molecular flexibility index (Phi) is 5.89. The van der Waals surface area contributed by atoms with Gasteiger partial charge in [0.2, 0.25) is 5.91 Å². The van der Waals surface area contributed by atoms with Crippen LogP contribution >= 0.6 is 0 Å². The van der Waals surface area contributed by atoms with E-state index in [-0.39, 0.29) is 37.2 Å². The van der Waals surface area contributed by atoms with Crippen LogP contribution in [-0.2, 0) is 20.7 Å². The normalized spacial score (nSPS) is 20.3. The Bertz CT molecular complexity index is 626. The molecule has 1 heterocycles. The van der Waals surface area contributed by atoms with Gasteiger partial charge in [0.25, 0.3) is 0 Å². The third kappa shape index (κ3) is 5.93. The number of carboxylic acids is 1. The first-order valence-electron chi connectivity index (χ1n) is 7.63. The maximum Gasteiger partial charge on any atom is 0.573 e. The highest BCUT2D eigenvalue weighted by Gasteiger charge is 2.38. The maximum atomic E-state index is 12.4. The number of hydrogen-bond acceptors (Lipinski definition) is 4. The van der Waals surface area contributed by atoms with Crippen molar-refractivity contribution in [3.05, 3.63) is 29.8 Å². The van der Waals surface area contributed by atoms with Gasteiger partial charge in [0.15, 0.2) is 0 Å². The van der Waals surface area contributed by atoms with Crippen molar-refractivity contribution in [2.45, 2.75) is 37.6 Å². The van der Waals surface area contributed by atoms with E-state index in [2.05, 4.69) is 10.1 Å². The van der Waals surface area contributed by atoms with E-state index < -0.39 is 23.8 Å². The Labute approximate surface area is 141 Å². The third-order valence-corrected chi connectivity index (χ3v) is 3.82. The van der Waals surface area contributed by atoms with Crippen LogP contribution in [0.25, 0.3) is 0 Å². The largest absolute Gasteiger partial charge is 0.573 e. The number of alkyl halides is 3. The highest BCUT2D eigenvalue weighted by molar-refractivity contribution is 5.78. The number of amides is 1. The molecule has 1 saturated heterocycles. The van der Waals surface area contributed by atoms with Gasteiger partial charge in [-0.15, -0.1) is 13.2 Å². The first-order valence-corrected chi connectivity index (χ1v) is 7.63. The molecule has 0 saturated carbocycles. The molecule has 2 rings (SSSR count). The second kappa shape index (κ2) is 7.73. The minimum Gasteiger partial charge on any atom is -0.481 e. The summed E-state index contributed by atoms with van der Waals surface area (Å²) in [7, 11) is 0. The van der Waals surface area contributed by atoms with Crippen LogP contribution in [0.2, 0.25) is 0 Å². The number of aryl methyl sites for hydroxylation is 1. The lowest BCUT2D eigenvalue weighted by atomic mass is 9.94. The van der Waals surface area contributed by atoms with Gasteiger partial charge < -0.3 is 19.9 Å². The predicted molar refractivity (Wildman–Crippen MR) is 80.0 cm³/mol. The minimum absolute atomic E-state index is 0.0299. The molecule has 9 heteroatoms. The Balaban J connectivity index is 1.97. The van der Waals surface area contributed by atoms with Crippen LogP contribution in [0.5, 0.6) is 5.75 Å². The van der Waals surface area contributed by atoms with Crippen molar-refractivity contribution in [2.75, 3.05) is 13.2 Å². The SMILES string of the molecule is O=C(O)CC1(NC(=O)CCc2ccccc2OC(F)(F)F)CCOC1. The van der Waals surface area contributed by atoms with Gasteiger partial charge >= 0.3 is 12.3 Å². The van der Waals surface area contributed by atoms with Crippen LogP contribution in [0.15, 0.2) is 24.3 Å². The van der Waals surface area contributed by atoms with E-state index in [1.54, 1.807) is 6.07 Å². The molecule has 0 spiro atoms. The quantitative estimate of drug-likeness (QED) is 0.778. The average Bonchev–Trinajstić information content (AvgIpc) is 2.92. The van der Waals surface area contributed by atoms with Crippen molar-refractivity contribution >= 4 is 11.9 Å². The molecule has 1 unspecified atom stereocenters. The van der Waals surface area contributed by atoms with Crippen molar-refractivity contribution in [1.82, 2.24) is 5.32 Å². The van der Waals surface area contributed by atoms with Gasteiger partial charge in [-0.2, -0.15) is 0 Å². The molecule has 1 aromatic rings. The fraction of sp³-hybridized carbons (Fsp3) is 0.500. The fourth-order valence-electron chi connectivity index (χ4n) is 2.72. The van der Waals surface area contributed by atoms with E-state index in [1.807, 2.05) is 0 Å². The number of carboxylic acid groups (broad SMARTS) is 1. The fourth-order valence-corrected chi connectivity index (χ4v) is 2.72. The van der Waals surface area contributed by atoms with Gasteiger partial charge in [0.05, 0.1) is 18.6 Å². The van der Waals surface area contributed by atoms with Gasteiger partial charge in [-0.05, 0) is 24.5 Å². The summed E-state index contributed by atoms with van der Waals surface area (Å²) in [5.41, 5.74) is -0.727. The summed E-state index contributed by atoms with van der Waals surface area (Å²) in [6.07, 6.45) is -4.78. The number of carbonyl (C=O) groups is 2. The van der Waals surface area contributed by atoms with Crippen LogP contribution in [0.1, 0.15) is 24.8 Å². The molecule has 0 aliphatic carbocycles. The molecule has 1 amide bonds. The van der Waals surface area contributed by atoms with Crippen molar-refractivity contribution in [3.8, 4) is 5.75 Å². The number of para-hydroxylation sites is 1. The van der Waals surface area contributed by atoms with E-state index >= 15 is 0 Å². The monoisotopic (exact) mass is 361 g/mol. The zero-order valence-corrected chi connectivity index (χ0v) is 13.3. The molecule has 1 atom stereocenters. The van der Waals surface area contributed by atoms with Crippen molar-refractivity contribution in [2.24, 2.45) is 0 Å². The van der Waals surface area contributed by atoms with Gasteiger partial charge in [-0.3, -0.25) is 9.59 Å². The second-order valence-electron chi connectivity index (χ2n) is 5.86. The van der Waals surface area contributed by atoms with Crippen molar-refractivity contribution in [1.29, 1.82) is 0 Å². The zero-order valence-electron chi connectivity index (χ0n) is 13.3. The van der Waals surface area contributed by atoms with E-state index in [9.17, 15) is 22.8 Å².